The van der Waals surface area contributed by atoms with E-state index in [1.807, 2.05) is 24.7 Å². The molecule has 2 fully saturated rings. The van der Waals surface area contributed by atoms with Crippen molar-refractivity contribution in [2.75, 3.05) is 63.9 Å². The molecule has 0 amide bonds. The quantitative estimate of drug-likeness (QED) is 0.153. The second kappa shape index (κ2) is 17.9. The summed E-state index contributed by atoms with van der Waals surface area (Å²) in [5.74, 6) is 0.680. The van der Waals surface area contributed by atoms with E-state index in [1.165, 1.54) is 44.7 Å². The number of aliphatic hydroxyl groups excluding tert-OH is 1. The standard InChI is InChI=1S/C37H56N4O5SSi/c1-3-4-5-6-7-8-9-10-27-46-31-11-13-32(14-12-31)47(43,44)36-29-38-35-16-15-33(48(2)45)28-34(35)37(36)41-19-17-30(18-20-41)40-23-21-39(22-24-40)25-26-42/h11-16,28-30,42,45,48H,3-10,17-27H2,1-2H3. The van der Waals surface area contributed by atoms with E-state index in [-0.39, 0.29) is 16.4 Å². The molecule has 2 aliphatic heterocycles. The number of piperidine rings is 1. The lowest BCUT2D eigenvalue weighted by molar-refractivity contribution is 0.0747. The molecule has 5 rings (SSSR count). The number of hydrogen-bond acceptors (Lipinski definition) is 9. The number of benzene rings is 2. The number of rotatable bonds is 17. The Morgan fingerprint density at radius 1 is 0.896 bits per heavy atom. The van der Waals surface area contributed by atoms with Gasteiger partial charge in [0.25, 0.3) is 0 Å². The van der Waals surface area contributed by atoms with Crippen LogP contribution < -0.4 is 14.8 Å². The fourth-order valence-electron chi connectivity index (χ4n) is 7.18. The van der Waals surface area contributed by atoms with Crippen molar-refractivity contribution in [3.63, 3.8) is 0 Å². The van der Waals surface area contributed by atoms with Gasteiger partial charge in [-0.3, -0.25) is 14.8 Å². The van der Waals surface area contributed by atoms with E-state index in [1.54, 1.807) is 24.3 Å². The van der Waals surface area contributed by atoms with E-state index in [4.69, 9.17) is 4.74 Å². The molecule has 2 aromatic carbocycles. The van der Waals surface area contributed by atoms with Gasteiger partial charge in [0.2, 0.25) is 18.9 Å². The number of sulfone groups is 1. The number of anilines is 1. The molecule has 2 saturated heterocycles. The van der Waals surface area contributed by atoms with Crippen LogP contribution in [0.3, 0.4) is 0 Å². The van der Waals surface area contributed by atoms with Crippen LogP contribution >= 0.6 is 0 Å². The lowest BCUT2D eigenvalue weighted by atomic mass is 10.0. The van der Waals surface area contributed by atoms with Crippen molar-refractivity contribution >= 4 is 40.7 Å². The third-order valence-electron chi connectivity index (χ3n) is 10.1. The van der Waals surface area contributed by atoms with Crippen LogP contribution in [0.2, 0.25) is 6.55 Å². The third-order valence-corrected chi connectivity index (χ3v) is 13.2. The maximum Gasteiger partial charge on any atom is 0.210 e. The summed E-state index contributed by atoms with van der Waals surface area (Å²) < 4.78 is 34.6. The molecule has 2 aliphatic rings. The van der Waals surface area contributed by atoms with E-state index in [0.29, 0.717) is 24.1 Å². The predicted molar refractivity (Wildman–Crippen MR) is 197 cm³/mol. The van der Waals surface area contributed by atoms with Crippen LogP contribution in [-0.4, -0.2) is 107 Å². The molecule has 48 heavy (non-hydrogen) atoms. The highest BCUT2D eigenvalue weighted by atomic mass is 32.2. The molecule has 1 aromatic heterocycles. The van der Waals surface area contributed by atoms with E-state index < -0.39 is 18.9 Å². The van der Waals surface area contributed by atoms with Crippen LogP contribution in [0.15, 0.2) is 58.5 Å². The zero-order valence-corrected chi connectivity index (χ0v) is 31.0. The number of β-amino-alcohol motifs (C(OH)–C–C–N with tert-alkyl or cyclic N) is 1. The minimum atomic E-state index is -3.90. The second-order valence-corrected chi connectivity index (χ2v) is 17.5. The Morgan fingerprint density at radius 2 is 1.56 bits per heavy atom. The van der Waals surface area contributed by atoms with Crippen LogP contribution in [0.4, 0.5) is 5.69 Å². The van der Waals surface area contributed by atoms with Gasteiger partial charge in [-0.15, -0.1) is 0 Å². The minimum absolute atomic E-state index is 0.195. The first-order chi connectivity index (χ1) is 23.3. The highest BCUT2D eigenvalue weighted by molar-refractivity contribution is 7.91. The average molecular weight is 697 g/mol. The fourth-order valence-corrected chi connectivity index (χ4v) is 9.39. The molecule has 9 nitrogen and oxygen atoms in total. The van der Waals surface area contributed by atoms with Gasteiger partial charge in [-0.1, -0.05) is 57.9 Å². The maximum absolute atomic E-state index is 14.3. The number of unbranched alkanes of at least 4 members (excludes halogenated alkanes) is 7. The maximum atomic E-state index is 14.3. The first-order valence-corrected chi connectivity index (χ1v) is 22.0. The Bertz CT molecular complexity index is 1540. The number of aliphatic hydroxyl groups is 1. The molecule has 264 valence electrons. The highest BCUT2D eigenvalue weighted by Gasteiger charge is 2.32. The average Bonchev–Trinajstić information content (AvgIpc) is 3.11. The first-order valence-electron chi connectivity index (χ1n) is 18.2. The molecular weight excluding hydrogens is 641 g/mol. The summed E-state index contributed by atoms with van der Waals surface area (Å²) >= 11 is 0. The number of aromatic nitrogens is 1. The number of piperazine rings is 1. The molecule has 0 saturated carbocycles. The Labute approximate surface area is 289 Å². The zero-order chi connectivity index (χ0) is 33.9. The number of pyridine rings is 1. The molecule has 0 radical (unpaired) electrons. The van der Waals surface area contributed by atoms with Crippen molar-refractivity contribution in [3.8, 4) is 5.75 Å². The summed E-state index contributed by atoms with van der Waals surface area (Å²) in [6.45, 7) is 11.0. The molecule has 0 bridgehead atoms. The second-order valence-electron chi connectivity index (χ2n) is 13.5. The summed E-state index contributed by atoms with van der Waals surface area (Å²) in [5, 5.41) is 11.0. The molecule has 11 heteroatoms. The van der Waals surface area contributed by atoms with E-state index >= 15 is 0 Å². The summed E-state index contributed by atoms with van der Waals surface area (Å²) in [4.78, 5) is 22.7. The summed E-state index contributed by atoms with van der Waals surface area (Å²) in [5.41, 5.74) is 1.42. The number of nitrogens with zero attached hydrogens (tertiary/aromatic N) is 4. The normalized spacial score (nSPS) is 17.6. The fraction of sp³-hybridized carbons (Fsp3) is 0.595. The largest absolute Gasteiger partial charge is 0.494 e. The molecule has 3 aromatic rings. The van der Waals surface area contributed by atoms with Gasteiger partial charge in [0.05, 0.1) is 29.3 Å². The van der Waals surface area contributed by atoms with Crippen LogP contribution in [-0.2, 0) is 9.84 Å². The number of fused-ring (bicyclic) bond motifs is 1. The Hall–Kier alpha value is -2.54. The summed E-state index contributed by atoms with van der Waals surface area (Å²) in [6.07, 6.45) is 13.3. The van der Waals surface area contributed by atoms with Crippen LogP contribution in [0, 0.1) is 0 Å². The van der Waals surface area contributed by atoms with Gasteiger partial charge in [-0.25, -0.2) is 8.42 Å². The van der Waals surface area contributed by atoms with Crippen LogP contribution in [0.1, 0.15) is 71.1 Å². The van der Waals surface area contributed by atoms with Gasteiger partial charge in [-0.05, 0) is 67.4 Å². The number of hydrogen-bond donors (Lipinski definition) is 2. The van der Waals surface area contributed by atoms with Gasteiger partial charge < -0.3 is 19.5 Å². The van der Waals surface area contributed by atoms with Gasteiger partial charge in [0.15, 0.2) is 0 Å². The highest BCUT2D eigenvalue weighted by Crippen LogP contribution is 2.37. The SMILES string of the molecule is CCCCCCCCCCOc1ccc(S(=O)(=O)c2cnc3ccc([SiH](C)O)cc3c2N2CCC(N3CCN(CCO)CC3)CC2)cc1. The van der Waals surface area contributed by atoms with Gasteiger partial charge >= 0.3 is 0 Å². The predicted octanol–water partition coefficient (Wildman–Crippen LogP) is 4.72. The van der Waals surface area contributed by atoms with Crippen molar-refractivity contribution in [2.24, 2.45) is 0 Å². The van der Waals surface area contributed by atoms with Crippen molar-refractivity contribution in [2.45, 2.75) is 93.5 Å². The topological polar surface area (TPSA) is 106 Å². The Morgan fingerprint density at radius 3 is 2.21 bits per heavy atom. The molecule has 1 unspecified atom stereocenters. The minimum Gasteiger partial charge on any atom is -0.494 e. The third kappa shape index (κ3) is 9.37. The van der Waals surface area contributed by atoms with E-state index in [2.05, 4.69) is 26.6 Å². The van der Waals surface area contributed by atoms with E-state index in [0.717, 1.165) is 87.6 Å². The molecule has 3 heterocycles. The van der Waals surface area contributed by atoms with Gasteiger partial charge in [-0.2, -0.15) is 0 Å². The monoisotopic (exact) mass is 696 g/mol. The first kappa shape index (κ1) is 36.7. The Balaban J connectivity index is 1.30. The summed E-state index contributed by atoms with van der Waals surface area (Å²) in [6, 6.07) is 13.0. The zero-order valence-electron chi connectivity index (χ0n) is 29.0. The van der Waals surface area contributed by atoms with Crippen LogP contribution in [0.5, 0.6) is 5.75 Å². The van der Waals surface area contributed by atoms with Gasteiger partial charge in [0.1, 0.15) is 10.6 Å². The Kier molecular flexibility index (Phi) is 13.7. The lowest BCUT2D eigenvalue weighted by Gasteiger charge is -2.43. The molecule has 0 aliphatic carbocycles. The van der Waals surface area contributed by atoms with Crippen molar-refractivity contribution in [1.82, 2.24) is 14.8 Å². The van der Waals surface area contributed by atoms with E-state index in [9.17, 15) is 18.3 Å². The van der Waals surface area contributed by atoms with Gasteiger partial charge in [0, 0.05) is 63.4 Å². The van der Waals surface area contributed by atoms with Crippen molar-refractivity contribution < 1.29 is 23.1 Å². The van der Waals surface area contributed by atoms with Crippen LogP contribution in [0.25, 0.3) is 10.9 Å². The van der Waals surface area contributed by atoms with Crippen molar-refractivity contribution in [3.05, 3.63) is 48.7 Å². The molecular formula is C37H56N4O5SSi. The smallest absolute Gasteiger partial charge is 0.210 e. The molecule has 1 atom stereocenters. The molecule has 2 N–H and O–H groups in total. The number of ether oxygens (including phenoxy) is 1. The molecule has 0 spiro atoms. The van der Waals surface area contributed by atoms with Crippen molar-refractivity contribution in [1.29, 1.82) is 0 Å². The lowest BCUT2D eigenvalue weighted by Crippen LogP contribution is -2.53. The summed E-state index contributed by atoms with van der Waals surface area (Å²) in [7, 11) is -6.02.